The molecule has 0 N–H and O–H groups in total. The molecule has 1 aliphatic heterocycles. The van der Waals surface area contributed by atoms with Crippen LogP contribution >= 0.6 is 11.3 Å². The van der Waals surface area contributed by atoms with E-state index in [-0.39, 0.29) is 43.2 Å². The number of hydrogen-bond acceptors (Lipinski definition) is 4. The van der Waals surface area contributed by atoms with Gasteiger partial charge in [0.05, 0.1) is 19.0 Å². The van der Waals surface area contributed by atoms with Crippen LogP contribution in [0.3, 0.4) is 0 Å². The molecule has 1 aliphatic rings. The van der Waals surface area contributed by atoms with Crippen LogP contribution in [0.25, 0.3) is 0 Å². The smallest absolute Gasteiger partial charge is 0.242 e. The van der Waals surface area contributed by atoms with Crippen molar-refractivity contribution in [2.24, 2.45) is 5.92 Å². The van der Waals surface area contributed by atoms with Crippen LogP contribution in [0.5, 0.6) is 5.75 Å². The highest BCUT2D eigenvalue weighted by Gasteiger charge is 2.33. The number of fused-ring (bicyclic) bond motifs is 1. The van der Waals surface area contributed by atoms with Crippen molar-refractivity contribution in [2.45, 2.75) is 39.2 Å². The molecule has 0 aliphatic carbocycles. The number of amides is 2. The van der Waals surface area contributed by atoms with Crippen LogP contribution in [0.1, 0.15) is 42.3 Å². The number of hydrogen-bond donors (Lipinski definition) is 0. The van der Waals surface area contributed by atoms with E-state index in [0.717, 1.165) is 24.0 Å². The lowest BCUT2D eigenvalue weighted by atomic mass is 10.00. The normalized spacial score (nSPS) is 15.0. The number of benzene rings is 2. The molecule has 4 rings (SSSR count). The van der Waals surface area contributed by atoms with Crippen LogP contribution in [0.15, 0.2) is 66.0 Å². The van der Waals surface area contributed by atoms with Gasteiger partial charge in [-0.3, -0.25) is 9.59 Å². The van der Waals surface area contributed by atoms with E-state index in [1.54, 1.807) is 28.4 Å². The zero-order valence-corrected chi connectivity index (χ0v) is 21.7. The third kappa shape index (κ3) is 6.72. The molecule has 0 saturated heterocycles. The van der Waals surface area contributed by atoms with E-state index >= 15 is 0 Å². The molecule has 2 heterocycles. The molecular weight excluding hydrogens is 475 g/mol. The molecular formula is C29H33FN2O3S. The Bertz CT molecular complexity index is 1150. The molecule has 36 heavy (non-hydrogen) atoms. The molecule has 3 aromatic rings. The summed E-state index contributed by atoms with van der Waals surface area (Å²) in [5.41, 5.74) is 2.03. The van der Waals surface area contributed by atoms with Crippen LogP contribution in [0.2, 0.25) is 0 Å². The van der Waals surface area contributed by atoms with Gasteiger partial charge in [0, 0.05) is 18.0 Å². The van der Waals surface area contributed by atoms with Gasteiger partial charge in [-0.15, -0.1) is 11.3 Å². The van der Waals surface area contributed by atoms with Crippen molar-refractivity contribution in [3.63, 3.8) is 0 Å². The number of carbonyl (C=O) groups is 2. The number of halogens is 1. The predicted molar refractivity (Wildman–Crippen MR) is 141 cm³/mol. The molecule has 5 nitrogen and oxygen atoms in total. The summed E-state index contributed by atoms with van der Waals surface area (Å²) in [6, 6.07) is 17.3. The van der Waals surface area contributed by atoms with Crippen LogP contribution in [0, 0.1) is 11.7 Å². The fourth-order valence-electron chi connectivity index (χ4n) is 4.42. The van der Waals surface area contributed by atoms with Crippen molar-refractivity contribution in [1.82, 2.24) is 9.80 Å². The second kappa shape index (κ2) is 12.2. The average molecular weight is 509 g/mol. The first kappa shape index (κ1) is 25.9. The Balaban J connectivity index is 1.49. The van der Waals surface area contributed by atoms with E-state index in [4.69, 9.17) is 4.74 Å². The fourth-order valence-corrected chi connectivity index (χ4v) is 5.35. The van der Waals surface area contributed by atoms with E-state index in [2.05, 4.69) is 19.9 Å². The van der Waals surface area contributed by atoms with Crippen molar-refractivity contribution in [1.29, 1.82) is 0 Å². The lowest BCUT2D eigenvalue weighted by Crippen LogP contribution is -2.48. The van der Waals surface area contributed by atoms with Gasteiger partial charge in [-0.2, -0.15) is 0 Å². The molecule has 0 radical (unpaired) electrons. The van der Waals surface area contributed by atoms with Crippen LogP contribution in [-0.2, 0) is 22.4 Å². The molecule has 2 amide bonds. The van der Waals surface area contributed by atoms with Crippen molar-refractivity contribution < 1.29 is 18.7 Å². The first-order chi connectivity index (χ1) is 17.4. The maximum Gasteiger partial charge on any atom is 0.242 e. The minimum absolute atomic E-state index is 0.0393. The molecule has 190 valence electrons. The highest BCUT2D eigenvalue weighted by Crippen LogP contribution is 2.34. The van der Waals surface area contributed by atoms with Crippen molar-refractivity contribution in [3.05, 3.63) is 87.9 Å². The Morgan fingerprint density at radius 3 is 2.58 bits per heavy atom. The second-order valence-electron chi connectivity index (χ2n) is 9.58. The Morgan fingerprint density at radius 2 is 1.86 bits per heavy atom. The lowest BCUT2D eigenvalue weighted by molar-refractivity contribution is -0.142. The Labute approximate surface area is 216 Å². The van der Waals surface area contributed by atoms with Gasteiger partial charge < -0.3 is 14.5 Å². The number of thiophene rings is 1. The largest absolute Gasteiger partial charge is 0.491 e. The van der Waals surface area contributed by atoms with Gasteiger partial charge in [-0.05, 0) is 65.6 Å². The maximum atomic E-state index is 13.6. The number of carbonyl (C=O) groups excluding carboxylic acids is 2. The van der Waals surface area contributed by atoms with Crippen LogP contribution < -0.4 is 4.74 Å². The van der Waals surface area contributed by atoms with Gasteiger partial charge in [0.1, 0.15) is 18.2 Å². The van der Waals surface area contributed by atoms with Gasteiger partial charge in [0.15, 0.2) is 0 Å². The van der Waals surface area contributed by atoms with E-state index in [0.29, 0.717) is 24.8 Å². The molecule has 1 aromatic heterocycles. The molecule has 0 saturated carbocycles. The van der Waals surface area contributed by atoms with Crippen LogP contribution in [0.4, 0.5) is 4.39 Å². The highest BCUT2D eigenvalue weighted by atomic mass is 32.1. The number of rotatable bonds is 10. The Hall–Kier alpha value is -3.19. The maximum absolute atomic E-state index is 13.6. The van der Waals surface area contributed by atoms with E-state index in [9.17, 15) is 14.0 Å². The molecule has 0 unspecified atom stereocenters. The van der Waals surface area contributed by atoms with E-state index < -0.39 is 0 Å². The summed E-state index contributed by atoms with van der Waals surface area (Å²) in [4.78, 5) is 31.7. The van der Waals surface area contributed by atoms with E-state index in [1.165, 1.54) is 17.0 Å². The number of ether oxygens (including phenoxy) is 1. The van der Waals surface area contributed by atoms with Gasteiger partial charge in [0.25, 0.3) is 0 Å². The first-order valence-electron chi connectivity index (χ1n) is 12.5. The zero-order chi connectivity index (χ0) is 25.5. The van der Waals surface area contributed by atoms with Gasteiger partial charge in [-0.1, -0.05) is 44.2 Å². The lowest BCUT2D eigenvalue weighted by Gasteiger charge is -2.37. The molecule has 1 atom stereocenters. The predicted octanol–water partition coefficient (Wildman–Crippen LogP) is 5.51. The topological polar surface area (TPSA) is 49.9 Å². The Morgan fingerprint density at radius 1 is 1.11 bits per heavy atom. The summed E-state index contributed by atoms with van der Waals surface area (Å²) in [5, 5.41) is 2.04. The minimum atomic E-state index is -0.321. The zero-order valence-electron chi connectivity index (χ0n) is 20.9. The molecule has 0 bridgehead atoms. The molecule has 2 aromatic carbocycles. The fraction of sp³-hybridized carbons (Fsp3) is 0.379. The van der Waals surface area contributed by atoms with Crippen molar-refractivity contribution >= 4 is 23.2 Å². The number of nitrogens with zero attached hydrogens (tertiary/aromatic N) is 2. The third-order valence-electron chi connectivity index (χ3n) is 6.49. The quantitative estimate of drug-likeness (QED) is 0.363. The second-order valence-corrected chi connectivity index (χ2v) is 10.6. The third-order valence-corrected chi connectivity index (χ3v) is 7.49. The van der Waals surface area contributed by atoms with Crippen molar-refractivity contribution in [2.75, 3.05) is 26.2 Å². The highest BCUT2D eigenvalue weighted by molar-refractivity contribution is 7.10. The summed E-state index contributed by atoms with van der Waals surface area (Å²) in [7, 11) is 0. The molecule has 0 spiro atoms. The first-order valence-corrected chi connectivity index (χ1v) is 13.3. The van der Waals surface area contributed by atoms with Gasteiger partial charge in [-0.25, -0.2) is 4.39 Å². The standard InChI is InChI=1S/C29H33FN2O3S/c1-21(2)12-15-31(28(33)18-22-6-4-3-5-7-22)19-29(34)32-16-13-27-25(14-17-36-27)26(32)20-35-24-10-8-23(30)9-11-24/h3-11,14,17,21,26H,12-13,15-16,18-20H2,1-2H3/t26-/m0/s1. The van der Waals surface area contributed by atoms with E-state index in [1.807, 2.05) is 40.6 Å². The van der Waals surface area contributed by atoms with Gasteiger partial charge in [0.2, 0.25) is 11.8 Å². The summed E-state index contributed by atoms with van der Waals surface area (Å²) in [6.45, 7) is 5.68. The molecule has 7 heteroatoms. The Kier molecular flexibility index (Phi) is 8.75. The van der Waals surface area contributed by atoms with Crippen molar-refractivity contribution in [3.8, 4) is 5.75 Å². The SMILES string of the molecule is CC(C)CCN(CC(=O)N1CCc2sccc2[C@@H]1COc1ccc(F)cc1)C(=O)Cc1ccccc1. The molecule has 0 fully saturated rings. The van der Waals surface area contributed by atoms with Gasteiger partial charge >= 0.3 is 0 Å². The summed E-state index contributed by atoms with van der Waals surface area (Å²) >= 11 is 1.69. The average Bonchev–Trinajstić information content (AvgIpc) is 3.35. The minimum Gasteiger partial charge on any atom is -0.491 e. The summed E-state index contributed by atoms with van der Waals surface area (Å²) < 4.78 is 19.3. The summed E-state index contributed by atoms with van der Waals surface area (Å²) in [6.07, 6.45) is 1.90. The summed E-state index contributed by atoms with van der Waals surface area (Å²) in [5.74, 6) is 0.543. The van der Waals surface area contributed by atoms with Crippen LogP contribution in [-0.4, -0.2) is 47.9 Å². The monoisotopic (exact) mass is 508 g/mol.